The SMILES string of the molecule is C[C@H](c1cccc(-c2ccn(C)n2)c1)n1c(=O)oc2cc(S(=O)(=O)Nc3ncns3)ccc21. The Morgan fingerprint density at radius 3 is 2.73 bits per heavy atom. The molecule has 33 heavy (non-hydrogen) atoms. The highest BCUT2D eigenvalue weighted by Gasteiger charge is 2.21. The van der Waals surface area contributed by atoms with Crippen molar-refractivity contribution in [2.75, 3.05) is 4.72 Å². The second-order valence-corrected chi connectivity index (χ2v) is 9.86. The number of rotatable bonds is 6. The molecule has 5 rings (SSSR count). The summed E-state index contributed by atoms with van der Waals surface area (Å²) in [5, 5.41) is 4.58. The fourth-order valence-electron chi connectivity index (χ4n) is 3.62. The van der Waals surface area contributed by atoms with Gasteiger partial charge in [0, 0.05) is 36.4 Å². The van der Waals surface area contributed by atoms with Gasteiger partial charge in [-0.25, -0.2) is 18.2 Å². The summed E-state index contributed by atoms with van der Waals surface area (Å²) in [4.78, 5) is 16.5. The maximum Gasteiger partial charge on any atom is 0.420 e. The normalized spacial score (nSPS) is 12.8. The number of benzene rings is 2. The van der Waals surface area contributed by atoms with Gasteiger partial charge >= 0.3 is 5.76 Å². The number of nitrogens with one attached hydrogen (secondary N) is 1. The zero-order valence-corrected chi connectivity index (χ0v) is 19.2. The zero-order chi connectivity index (χ0) is 23.2. The molecule has 0 aliphatic heterocycles. The second kappa shape index (κ2) is 7.98. The van der Waals surface area contributed by atoms with Crippen molar-refractivity contribution in [2.45, 2.75) is 17.9 Å². The van der Waals surface area contributed by atoms with E-state index in [0.29, 0.717) is 5.52 Å². The average Bonchev–Trinajstić information content (AvgIpc) is 3.52. The van der Waals surface area contributed by atoms with Gasteiger partial charge in [-0.15, -0.1) is 0 Å². The molecule has 0 fully saturated rings. The van der Waals surface area contributed by atoms with Crippen LogP contribution >= 0.6 is 11.5 Å². The summed E-state index contributed by atoms with van der Waals surface area (Å²) < 4.78 is 40.1. The number of aryl methyl sites for hydroxylation is 1. The molecular formula is C21H18N6O4S2. The molecule has 0 unspecified atom stereocenters. The Morgan fingerprint density at radius 1 is 1.15 bits per heavy atom. The molecule has 1 atom stereocenters. The van der Waals surface area contributed by atoms with Crippen molar-refractivity contribution in [2.24, 2.45) is 7.05 Å². The van der Waals surface area contributed by atoms with Gasteiger partial charge in [0.1, 0.15) is 6.33 Å². The molecule has 3 aromatic heterocycles. The lowest BCUT2D eigenvalue weighted by molar-refractivity contribution is 0.489. The van der Waals surface area contributed by atoms with Gasteiger partial charge in [-0.2, -0.15) is 9.47 Å². The largest absolute Gasteiger partial charge is 0.420 e. The van der Waals surface area contributed by atoms with E-state index in [0.717, 1.165) is 28.4 Å². The minimum atomic E-state index is -3.91. The van der Waals surface area contributed by atoms with Crippen LogP contribution in [0.25, 0.3) is 22.4 Å². The smallest absolute Gasteiger partial charge is 0.408 e. The number of nitrogens with zero attached hydrogens (tertiary/aromatic N) is 5. The highest BCUT2D eigenvalue weighted by molar-refractivity contribution is 7.93. The van der Waals surface area contributed by atoms with E-state index in [4.69, 9.17) is 4.42 Å². The number of sulfonamides is 1. The van der Waals surface area contributed by atoms with Gasteiger partial charge in [-0.1, -0.05) is 18.2 Å². The van der Waals surface area contributed by atoms with Gasteiger partial charge in [0.15, 0.2) is 5.58 Å². The van der Waals surface area contributed by atoms with Crippen molar-refractivity contribution in [3.63, 3.8) is 0 Å². The molecule has 2 aromatic carbocycles. The van der Waals surface area contributed by atoms with Crippen molar-refractivity contribution in [1.82, 2.24) is 23.7 Å². The van der Waals surface area contributed by atoms with Crippen LogP contribution in [0.4, 0.5) is 5.13 Å². The Morgan fingerprint density at radius 2 is 2.00 bits per heavy atom. The summed E-state index contributed by atoms with van der Waals surface area (Å²) >= 11 is 0.922. The number of oxazole rings is 1. The van der Waals surface area contributed by atoms with Crippen LogP contribution in [0.3, 0.4) is 0 Å². The van der Waals surface area contributed by atoms with Crippen molar-refractivity contribution < 1.29 is 12.8 Å². The third-order valence-electron chi connectivity index (χ3n) is 5.24. The molecule has 0 saturated carbocycles. The van der Waals surface area contributed by atoms with Gasteiger partial charge in [-0.05, 0) is 36.8 Å². The van der Waals surface area contributed by atoms with E-state index < -0.39 is 15.8 Å². The minimum absolute atomic E-state index is 0.0455. The maximum absolute atomic E-state index is 12.7. The molecule has 0 aliphatic carbocycles. The molecule has 5 aromatic rings. The molecule has 0 radical (unpaired) electrons. The summed E-state index contributed by atoms with van der Waals surface area (Å²) in [5.41, 5.74) is 3.31. The number of aromatic nitrogens is 5. The monoisotopic (exact) mass is 482 g/mol. The third-order valence-corrected chi connectivity index (χ3v) is 7.29. The first-order valence-corrected chi connectivity index (χ1v) is 12.1. The van der Waals surface area contributed by atoms with E-state index in [2.05, 4.69) is 19.2 Å². The van der Waals surface area contributed by atoms with Crippen molar-refractivity contribution in [1.29, 1.82) is 0 Å². The molecule has 12 heteroatoms. The Kier molecular flexibility index (Phi) is 5.10. The highest BCUT2D eigenvalue weighted by atomic mass is 32.2. The Labute approximate surface area is 192 Å². The summed E-state index contributed by atoms with van der Waals surface area (Å²) in [6.07, 6.45) is 3.13. The molecule has 0 spiro atoms. The van der Waals surface area contributed by atoms with Crippen LogP contribution in [0.15, 0.2) is 75.2 Å². The van der Waals surface area contributed by atoms with E-state index in [1.54, 1.807) is 10.7 Å². The molecule has 3 heterocycles. The standard InChI is InChI=1S/C21H18N6O4S2/c1-13(14-4-3-5-15(10-14)17-8-9-26(2)24-17)27-18-7-6-16(11-19(18)31-21(27)28)33(29,30)25-20-22-12-23-32-20/h3-13H,1-2H3,(H,22,23,25)/t13-/m1/s1. The van der Waals surface area contributed by atoms with Crippen molar-refractivity contribution in [3.05, 3.63) is 77.2 Å². The minimum Gasteiger partial charge on any atom is -0.408 e. The highest BCUT2D eigenvalue weighted by Crippen LogP contribution is 2.28. The quantitative estimate of drug-likeness (QED) is 0.394. The lowest BCUT2D eigenvalue weighted by Crippen LogP contribution is -2.19. The molecule has 0 aliphatic rings. The Bertz CT molecular complexity index is 1620. The van der Waals surface area contributed by atoms with Crippen LogP contribution in [0.2, 0.25) is 0 Å². The van der Waals surface area contributed by atoms with Crippen molar-refractivity contribution >= 4 is 37.8 Å². The lowest BCUT2D eigenvalue weighted by atomic mass is 10.0. The van der Waals surface area contributed by atoms with Gasteiger partial charge in [0.05, 0.1) is 22.1 Å². The van der Waals surface area contributed by atoms with Crippen LogP contribution in [0.5, 0.6) is 0 Å². The molecule has 0 bridgehead atoms. The molecule has 0 amide bonds. The predicted molar refractivity (Wildman–Crippen MR) is 124 cm³/mol. The Balaban J connectivity index is 1.52. The van der Waals surface area contributed by atoms with Crippen LogP contribution < -0.4 is 10.5 Å². The first-order chi connectivity index (χ1) is 15.8. The topological polar surface area (TPSA) is 125 Å². The van der Waals surface area contributed by atoms with E-state index in [1.165, 1.54) is 23.0 Å². The van der Waals surface area contributed by atoms with E-state index >= 15 is 0 Å². The summed E-state index contributed by atoms with van der Waals surface area (Å²) in [5.74, 6) is -0.577. The first kappa shape index (κ1) is 21.1. The van der Waals surface area contributed by atoms with Gasteiger partial charge in [0.2, 0.25) is 5.13 Å². The number of hydrogen-bond acceptors (Lipinski definition) is 8. The van der Waals surface area contributed by atoms with Crippen LogP contribution in [0, 0.1) is 0 Å². The molecule has 0 saturated heterocycles. The Hall–Kier alpha value is -3.77. The fraction of sp³-hybridized carbons (Fsp3) is 0.143. The summed E-state index contributed by atoms with van der Waals surface area (Å²) in [6.45, 7) is 1.88. The molecular weight excluding hydrogens is 464 g/mol. The van der Waals surface area contributed by atoms with Gasteiger partial charge in [-0.3, -0.25) is 14.0 Å². The van der Waals surface area contributed by atoms with Crippen LogP contribution in [-0.2, 0) is 17.1 Å². The average molecular weight is 483 g/mol. The van der Waals surface area contributed by atoms with Crippen LogP contribution in [0.1, 0.15) is 18.5 Å². The predicted octanol–water partition coefficient (Wildman–Crippen LogP) is 3.26. The second-order valence-electron chi connectivity index (χ2n) is 7.40. The number of fused-ring (bicyclic) bond motifs is 1. The van der Waals surface area contributed by atoms with Gasteiger partial charge in [0.25, 0.3) is 10.0 Å². The van der Waals surface area contributed by atoms with Crippen LogP contribution in [-0.4, -0.2) is 32.1 Å². The number of anilines is 1. The third kappa shape index (κ3) is 3.94. The maximum atomic E-state index is 12.7. The van der Waals surface area contributed by atoms with E-state index in [1.807, 2.05) is 50.5 Å². The van der Waals surface area contributed by atoms with Gasteiger partial charge < -0.3 is 4.42 Å². The molecule has 10 nitrogen and oxygen atoms in total. The van der Waals surface area contributed by atoms with E-state index in [9.17, 15) is 13.2 Å². The fourth-order valence-corrected chi connectivity index (χ4v) is 5.30. The zero-order valence-electron chi connectivity index (χ0n) is 17.5. The summed E-state index contributed by atoms with van der Waals surface area (Å²) in [6, 6.07) is 13.6. The molecule has 1 N–H and O–H groups in total. The molecule has 168 valence electrons. The number of hydrogen-bond donors (Lipinski definition) is 1. The summed E-state index contributed by atoms with van der Waals surface area (Å²) in [7, 11) is -2.06. The van der Waals surface area contributed by atoms with E-state index in [-0.39, 0.29) is 21.7 Å². The first-order valence-electron chi connectivity index (χ1n) is 9.86. The van der Waals surface area contributed by atoms with Crippen molar-refractivity contribution in [3.8, 4) is 11.3 Å². The lowest BCUT2D eigenvalue weighted by Gasteiger charge is -2.14.